The van der Waals surface area contributed by atoms with Crippen LogP contribution in [-0.4, -0.2) is 42.8 Å². The van der Waals surface area contributed by atoms with E-state index in [1.807, 2.05) is 35.2 Å². The van der Waals surface area contributed by atoms with E-state index in [0.717, 1.165) is 38.1 Å². The van der Waals surface area contributed by atoms with Gasteiger partial charge in [-0.05, 0) is 18.8 Å². The van der Waals surface area contributed by atoms with Crippen LogP contribution in [0.15, 0.2) is 30.3 Å². The van der Waals surface area contributed by atoms with Crippen molar-refractivity contribution in [1.29, 1.82) is 0 Å². The number of hydroxylamine groups is 2. The highest BCUT2D eigenvalue weighted by molar-refractivity contribution is 5.75. The number of nitrogens with zero attached hydrogens (tertiary/aromatic N) is 2. The fraction of sp³-hybridized carbons (Fsp3) is 0.533. The Morgan fingerprint density at radius 1 is 1.30 bits per heavy atom. The zero-order valence-corrected chi connectivity index (χ0v) is 11.7. The summed E-state index contributed by atoms with van der Waals surface area (Å²) < 4.78 is 5.17. The molecule has 1 aromatic carbocycles. The molecule has 3 rings (SSSR count). The maximum Gasteiger partial charge on any atom is 0.346 e. The third kappa shape index (κ3) is 2.78. The van der Waals surface area contributed by atoms with Crippen LogP contribution in [0.25, 0.3) is 0 Å². The van der Waals surface area contributed by atoms with Crippen LogP contribution in [0.4, 0.5) is 4.79 Å². The molecular weight excluding hydrogens is 256 g/mol. The van der Waals surface area contributed by atoms with E-state index in [0.29, 0.717) is 5.92 Å². The van der Waals surface area contributed by atoms with Gasteiger partial charge in [-0.25, -0.2) is 9.63 Å². The quantitative estimate of drug-likeness (QED) is 0.796. The first-order valence-corrected chi connectivity index (χ1v) is 7.08. The minimum absolute atomic E-state index is 0.0188. The van der Waals surface area contributed by atoms with Gasteiger partial charge < -0.3 is 9.64 Å². The van der Waals surface area contributed by atoms with Gasteiger partial charge in [-0.3, -0.25) is 0 Å². The first-order chi connectivity index (χ1) is 9.79. The van der Waals surface area contributed by atoms with Gasteiger partial charge in [-0.1, -0.05) is 30.3 Å². The summed E-state index contributed by atoms with van der Waals surface area (Å²) >= 11 is 0. The van der Waals surface area contributed by atoms with E-state index in [1.54, 1.807) is 7.11 Å². The number of urea groups is 1. The summed E-state index contributed by atoms with van der Waals surface area (Å²) in [6.45, 7) is 2.36. The lowest BCUT2D eigenvalue weighted by atomic mass is 9.98. The molecule has 2 aliphatic heterocycles. The average Bonchev–Trinajstić information content (AvgIpc) is 3.29. The van der Waals surface area contributed by atoms with Crippen molar-refractivity contribution in [2.45, 2.75) is 19.1 Å². The number of hydrogen-bond donors (Lipinski definition) is 0. The Hall–Kier alpha value is -1.59. The monoisotopic (exact) mass is 276 g/mol. The van der Waals surface area contributed by atoms with Crippen LogP contribution in [0.2, 0.25) is 0 Å². The summed E-state index contributed by atoms with van der Waals surface area (Å²) in [6.07, 6.45) is 1.80. The zero-order chi connectivity index (χ0) is 13.9. The molecule has 0 saturated carbocycles. The Bertz CT molecular complexity index is 457. The highest BCUT2D eigenvalue weighted by Gasteiger charge is 2.45. The number of piperidine rings is 1. The van der Waals surface area contributed by atoms with Gasteiger partial charge >= 0.3 is 6.03 Å². The lowest BCUT2D eigenvalue weighted by molar-refractivity contribution is 0.0908. The third-order valence-electron chi connectivity index (χ3n) is 3.94. The SMILES string of the molecule is COCC1CCN(C(=O)N2OC2c2ccccc2)CC1. The summed E-state index contributed by atoms with van der Waals surface area (Å²) in [4.78, 5) is 19.6. The van der Waals surface area contributed by atoms with E-state index in [9.17, 15) is 4.79 Å². The van der Waals surface area contributed by atoms with Crippen LogP contribution in [0.3, 0.4) is 0 Å². The van der Waals surface area contributed by atoms with Crippen LogP contribution in [0.1, 0.15) is 24.6 Å². The Balaban J connectivity index is 1.52. The van der Waals surface area contributed by atoms with Gasteiger partial charge in [-0.15, -0.1) is 0 Å². The van der Waals surface area contributed by atoms with Crippen molar-refractivity contribution in [2.24, 2.45) is 5.92 Å². The molecular formula is C15H20N2O3. The first-order valence-electron chi connectivity index (χ1n) is 7.08. The number of ether oxygens (including phenoxy) is 1. The topological polar surface area (TPSA) is 45.1 Å². The van der Waals surface area contributed by atoms with E-state index in [2.05, 4.69) is 0 Å². The lowest BCUT2D eigenvalue weighted by Crippen LogP contribution is -2.41. The number of likely N-dealkylation sites (tertiary alicyclic amines) is 1. The van der Waals surface area contributed by atoms with Crippen LogP contribution in [0, 0.1) is 5.92 Å². The Kier molecular flexibility index (Phi) is 3.89. The van der Waals surface area contributed by atoms with Crippen molar-refractivity contribution in [3.8, 4) is 0 Å². The molecule has 0 spiro atoms. The number of amides is 2. The predicted octanol–water partition coefficient (Wildman–Crippen LogP) is 2.41. The van der Waals surface area contributed by atoms with Gasteiger partial charge in [0.05, 0.1) is 0 Å². The van der Waals surface area contributed by atoms with E-state index >= 15 is 0 Å². The molecule has 5 nitrogen and oxygen atoms in total. The number of rotatable bonds is 3. The molecule has 0 aliphatic carbocycles. The van der Waals surface area contributed by atoms with E-state index in [-0.39, 0.29) is 12.3 Å². The minimum Gasteiger partial charge on any atom is -0.384 e. The smallest absolute Gasteiger partial charge is 0.346 e. The number of hydrogen-bond acceptors (Lipinski definition) is 3. The van der Waals surface area contributed by atoms with Gasteiger partial charge in [0.25, 0.3) is 0 Å². The third-order valence-corrected chi connectivity index (χ3v) is 3.94. The fourth-order valence-electron chi connectivity index (χ4n) is 2.71. The van der Waals surface area contributed by atoms with Crippen LogP contribution in [-0.2, 0) is 9.57 Å². The highest BCUT2D eigenvalue weighted by Crippen LogP contribution is 2.38. The molecule has 0 aromatic heterocycles. The summed E-state index contributed by atoms with van der Waals surface area (Å²) in [7, 11) is 1.73. The second-order valence-electron chi connectivity index (χ2n) is 5.36. The predicted molar refractivity (Wildman–Crippen MR) is 73.7 cm³/mol. The standard InChI is InChI=1S/C15H20N2O3/c1-19-11-12-7-9-16(10-8-12)15(18)17-14(20-17)13-5-3-2-4-6-13/h2-6,12,14H,7-11H2,1H3. The molecule has 2 aliphatic rings. The summed E-state index contributed by atoms with van der Waals surface area (Å²) in [5.74, 6) is 0.573. The molecule has 2 amide bonds. The van der Waals surface area contributed by atoms with Crippen LogP contribution >= 0.6 is 0 Å². The number of carbonyl (C=O) groups is 1. The minimum atomic E-state index is -0.208. The van der Waals surface area contributed by atoms with Crippen molar-refractivity contribution in [3.05, 3.63) is 35.9 Å². The van der Waals surface area contributed by atoms with E-state index in [4.69, 9.17) is 9.57 Å². The van der Waals surface area contributed by atoms with Gasteiger partial charge in [0.15, 0.2) is 0 Å². The van der Waals surface area contributed by atoms with E-state index < -0.39 is 0 Å². The molecule has 1 atom stereocenters. The maximum absolute atomic E-state index is 12.3. The Morgan fingerprint density at radius 2 is 2.00 bits per heavy atom. The molecule has 0 radical (unpaired) electrons. The lowest BCUT2D eigenvalue weighted by Gasteiger charge is -2.31. The normalized spacial score (nSPS) is 22.9. The Morgan fingerprint density at radius 3 is 2.65 bits per heavy atom. The second kappa shape index (κ2) is 5.81. The molecule has 2 heterocycles. The molecule has 1 unspecified atom stereocenters. The largest absolute Gasteiger partial charge is 0.384 e. The number of carbonyl (C=O) groups excluding carboxylic acids is 1. The fourth-order valence-corrected chi connectivity index (χ4v) is 2.71. The first kappa shape index (κ1) is 13.4. The highest BCUT2D eigenvalue weighted by atomic mass is 16.8. The van der Waals surface area contributed by atoms with Crippen molar-refractivity contribution >= 4 is 6.03 Å². The van der Waals surface area contributed by atoms with Crippen LogP contribution < -0.4 is 0 Å². The average molecular weight is 276 g/mol. The number of benzene rings is 1. The molecule has 108 valence electrons. The van der Waals surface area contributed by atoms with Crippen molar-refractivity contribution in [2.75, 3.05) is 26.8 Å². The molecule has 1 aromatic rings. The summed E-state index contributed by atoms with van der Waals surface area (Å²) in [5.41, 5.74) is 1.02. The summed E-state index contributed by atoms with van der Waals surface area (Å²) in [6, 6.07) is 9.80. The van der Waals surface area contributed by atoms with Gasteiger partial charge in [0, 0.05) is 32.4 Å². The van der Waals surface area contributed by atoms with Crippen LogP contribution in [0.5, 0.6) is 0 Å². The zero-order valence-electron chi connectivity index (χ0n) is 11.7. The molecule has 0 bridgehead atoms. The van der Waals surface area contributed by atoms with Crippen molar-refractivity contribution in [1.82, 2.24) is 9.96 Å². The molecule has 5 heteroatoms. The summed E-state index contributed by atoms with van der Waals surface area (Å²) in [5, 5.41) is 1.46. The molecule has 2 fully saturated rings. The second-order valence-corrected chi connectivity index (χ2v) is 5.36. The van der Waals surface area contributed by atoms with Gasteiger partial charge in [-0.2, -0.15) is 5.06 Å². The van der Waals surface area contributed by atoms with Gasteiger partial charge in [0.2, 0.25) is 6.23 Å². The van der Waals surface area contributed by atoms with Gasteiger partial charge in [0.1, 0.15) is 0 Å². The van der Waals surface area contributed by atoms with Crippen molar-refractivity contribution in [3.63, 3.8) is 0 Å². The van der Waals surface area contributed by atoms with Crippen molar-refractivity contribution < 1.29 is 14.4 Å². The number of methoxy groups -OCH3 is 1. The molecule has 20 heavy (non-hydrogen) atoms. The molecule has 0 N–H and O–H groups in total. The molecule has 2 saturated heterocycles. The van der Waals surface area contributed by atoms with E-state index in [1.165, 1.54) is 5.06 Å². The Labute approximate surface area is 119 Å². The maximum atomic E-state index is 12.3.